The summed E-state index contributed by atoms with van der Waals surface area (Å²) in [5.74, 6) is 0.271. The maximum absolute atomic E-state index is 9.59. The first kappa shape index (κ1) is 9.98. The molecule has 0 fully saturated rings. The summed E-state index contributed by atoms with van der Waals surface area (Å²) in [6, 6.07) is 7.19. The summed E-state index contributed by atoms with van der Waals surface area (Å²) in [5, 5.41) is 10.4. The highest BCUT2D eigenvalue weighted by Gasteiger charge is 2.05. The predicted molar refractivity (Wildman–Crippen MR) is 59.0 cm³/mol. The lowest BCUT2D eigenvalue weighted by Gasteiger charge is -2.04. The second-order valence-electron chi connectivity index (χ2n) is 3.02. The molecular formula is C11H10N2OS. The van der Waals surface area contributed by atoms with Crippen molar-refractivity contribution in [3.63, 3.8) is 0 Å². The Hall–Kier alpha value is -1.55. The van der Waals surface area contributed by atoms with Crippen LogP contribution in [0.1, 0.15) is 5.69 Å². The molecule has 0 bridgehead atoms. The Kier molecular flexibility index (Phi) is 2.87. The van der Waals surface area contributed by atoms with Crippen LogP contribution in [0.25, 0.3) is 0 Å². The van der Waals surface area contributed by atoms with Gasteiger partial charge in [0.25, 0.3) is 0 Å². The molecule has 0 aliphatic carbocycles. The highest BCUT2D eigenvalue weighted by Crippen LogP contribution is 2.33. The average molecular weight is 218 g/mol. The molecule has 2 rings (SSSR count). The maximum atomic E-state index is 9.59. The van der Waals surface area contributed by atoms with Gasteiger partial charge >= 0.3 is 0 Å². The van der Waals surface area contributed by atoms with Crippen LogP contribution in [0, 0.1) is 6.92 Å². The summed E-state index contributed by atoms with van der Waals surface area (Å²) < 4.78 is 0. The van der Waals surface area contributed by atoms with E-state index in [1.54, 1.807) is 24.5 Å². The lowest BCUT2D eigenvalue weighted by molar-refractivity contribution is 0.462. The van der Waals surface area contributed by atoms with Crippen LogP contribution in [0.4, 0.5) is 0 Å². The summed E-state index contributed by atoms with van der Waals surface area (Å²) in [7, 11) is 0. The smallest absolute Gasteiger partial charge is 0.129 e. The maximum Gasteiger partial charge on any atom is 0.129 e. The number of rotatable bonds is 2. The third-order valence-electron chi connectivity index (χ3n) is 1.91. The van der Waals surface area contributed by atoms with Gasteiger partial charge in [-0.25, -0.2) is 4.98 Å². The second-order valence-corrected chi connectivity index (χ2v) is 4.05. The fourth-order valence-corrected chi connectivity index (χ4v) is 1.98. The first-order chi connectivity index (χ1) is 7.27. The van der Waals surface area contributed by atoms with E-state index < -0.39 is 0 Å². The molecule has 15 heavy (non-hydrogen) atoms. The number of hydrogen-bond acceptors (Lipinski definition) is 4. The van der Waals surface area contributed by atoms with E-state index in [0.717, 1.165) is 15.6 Å². The molecule has 76 valence electrons. The second kappa shape index (κ2) is 4.31. The third kappa shape index (κ3) is 2.27. The van der Waals surface area contributed by atoms with E-state index in [4.69, 9.17) is 0 Å². The number of aromatic hydroxyl groups is 1. The van der Waals surface area contributed by atoms with Crippen molar-refractivity contribution in [2.45, 2.75) is 16.8 Å². The number of aryl methyl sites for hydroxylation is 1. The van der Waals surface area contributed by atoms with Gasteiger partial charge in [0.2, 0.25) is 0 Å². The normalized spacial score (nSPS) is 10.2. The van der Waals surface area contributed by atoms with E-state index in [9.17, 15) is 5.11 Å². The Morgan fingerprint density at radius 2 is 1.87 bits per heavy atom. The summed E-state index contributed by atoms with van der Waals surface area (Å²) in [5.41, 5.74) is 0.866. The summed E-state index contributed by atoms with van der Waals surface area (Å²) in [6.07, 6.45) is 3.31. The number of phenols is 1. The van der Waals surface area contributed by atoms with Crippen LogP contribution in [0.2, 0.25) is 0 Å². The van der Waals surface area contributed by atoms with E-state index in [1.165, 1.54) is 11.8 Å². The van der Waals surface area contributed by atoms with Gasteiger partial charge in [-0.2, -0.15) is 0 Å². The van der Waals surface area contributed by atoms with Crippen LogP contribution >= 0.6 is 11.8 Å². The fourth-order valence-electron chi connectivity index (χ4n) is 1.14. The van der Waals surface area contributed by atoms with Gasteiger partial charge in [0, 0.05) is 12.4 Å². The molecule has 2 aromatic rings. The minimum absolute atomic E-state index is 0.271. The van der Waals surface area contributed by atoms with Crippen LogP contribution in [0.3, 0.4) is 0 Å². The van der Waals surface area contributed by atoms with Crippen molar-refractivity contribution in [1.29, 1.82) is 0 Å². The monoisotopic (exact) mass is 218 g/mol. The topological polar surface area (TPSA) is 46.0 Å². The Bertz CT molecular complexity index is 430. The molecule has 1 heterocycles. The summed E-state index contributed by atoms with van der Waals surface area (Å²) in [6.45, 7) is 1.90. The lowest BCUT2D eigenvalue weighted by atomic mass is 10.3. The Labute approximate surface area is 92.2 Å². The SMILES string of the molecule is Cc1nccnc1Sc1ccccc1O. The van der Waals surface area contributed by atoms with Gasteiger partial charge in [-0.1, -0.05) is 23.9 Å². The number of para-hydroxylation sites is 1. The molecule has 0 atom stereocenters. The molecule has 4 heteroatoms. The van der Waals surface area contributed by atoms with Crippen molar-refractivity contribution < 1.29 is 5.11 Å². The predicted octanol–water partition coefficient (Wildman–Crippen LogP) is 2.64. The first-order valence-electron chi connectivity index (χ1n) is 4.51. The van der Waals surface area contributed by atoms with Gasteiger partial charge in [-0.05, 0) is 19.1 Å². The van der Waals surface area contributed by atoms with Crippen molar-refractivity contribution in [2.24, 2.45) is 0 Å². The molecule has 0 radical (unpaired) electrons. The van der Waals surface area contributed by atoms with Crippen molar-refractivity contribution in [1.82, 2.24) is 9.97 Å². The molecule has 1 aromatic carbocycles. The van der Waals surface area contributed by atoms with Crippen LogP contribution in [0.15, 0.2) is 46.6 Å². The standard InChI is InChI=1S/C11H10N2OS/c1-8-11(13-7-6-12-8)15-10-5-3-2-4-9(10)14/h2-7,14H,1H3. The van der Waals surface area contributed by atoms with Crippen LogP contribution in [-0.4, -0.2) is 15.1 Å². The fraction of sp³-hybridized carbons (Fsp3) is 0.0909. The van der Waals surface area contributed by atoms with Gasteiger partial charge in [0.1, 0.15) is 10.8 Å². The largest absolute Gasteiger partial charge is 0.507 e. The van der Waals surface area contributed by atoms with Crippen LogP contribution in [0.5, 0.6) is 5.75 Å². The highest BCUT2D eigenvalue weighted by molar-refractivity contribution is 7.99. The highest BCUT2D eigenvalue weighted by atomic mass is 32.2. The van der Waals surface area contributed by atoms with E-state index in [1.807, 2.05) is 19.1 Å². The molecule has 1 N–H and O–H groups in total. The molecule has 0 unspecified atom stereocenters. The van der Waals surface area contributed by atoms with E-state index in [2.05, 4.69) is 9.97 Å². The van der Waals surface area contributed by atoms with Crippen molar-refractivity contribution >= 4 is 11.8 Å². The molecule has 0 saturated heterocycles. The zero-order chi connectivity index (χ0) is 10.7. The zero-order valence-electron chi connectivity index (χ0n) is 8.21. The van der Waals surface area contributed by atoms with E-state index in [0.29, 0.717) is 0 Å². The lowest BCUT2D eigenvalue weighted by Crippen LogP contribution is -1.88. The Balaban J connectivity index is 2.30. The third-order valence-corrected chi connectivity index (χ3v) is 3.07. The van der Waals surface area contributed by atoms with Crippen LogP contribution < -0.4 is 0 Å². The molecule has 1 aromatic heterocycles. The van der Waals surface area contributed by atoms with Crippen molar-refractivity contribution in [3.05, 3.63) is 42.4 Å². The summed E-state index contributed by atoms with van der Waals surface area (Å²) >= 11 is 1.42. The van der Waals surface area contributed by atoms with E-state index >= 15 is 0 Å². The van der Waals surface area contributed by atoms with Gasteiger partial charge < -0.3 is 5.11 Å². The molecule has 0 amide bonds. The average Bonchev–Trinajstić information content (AvgIpc) is 2.24. The van der Waals surface area contributed by atoms with Crippen molar-refractivity contribution in [3.8, 4) is 5.75 Å². The molecule has 0 saturated carbocycles. The number of nitrogens with zero attached hydrogens (tertiary/aromatic N) is 2. The van der Waals surface area contributed by atoms with Gasteiger partial charge in [-0.3, -0.25) is 4.98 Å². The Morgan fingerprint density at radius 3 is 2.60 bits per heavy atom. The van der Waals surface area contributed by atoms with Crippen LogP contribution in [-0.2, 0) is 0 Å². The molecular weight excluding hydrogens is 208 g/mol. The minimum Gasteiger partial charge on any atom is -0.507 e. The zero-order valence-corrected chi connectivity index (χ0v) is 9.03. The molecule has 3 nitrogen and oxygen atoms in total. The van der Waals surface area contributed by atoms with Gasteiger partial charge in [0.05, 0.1) is 10.6 Å². The van der Waals surface area contributed by atoms with E-state index in [-0.39, 0.29) is 5.75 Å². The first-order valence-corrected chi connectivity index (χ1v) is 5.32. The molecule has 0 aliphatic rings. The number of benzene rings is 1. The number of hydrogen-bond donors (Lipinski definition) is 1. The molecule has 0 aliphatic heterocycles. The molecule has 0 spiro atoms. The summed E-state index contributed by atoms with van der Waals surface area (Å²) in [4.78, 5) is 9.14. The number of aromatic nitrogens is 2. The number of phenolic OH excluding ortho intramolecular Hbond substituents is 1. The Morgan fingerprint density at radius 1 is 1.13 bits per heavy atom. The van der Waals surface area contributed by atoms with Crippen molar-refractivity contribution in [2.75, 3.05) is 0 Å². The van der Waals surface area contributed by atoms with Gasteiger partial charge in [-0.15, -0.1) is 0 Å². The minimum atomic E-state index is 0.271. The van der Waals surface area contributed by atoms with Gasteiger partial charge in [0.15, 0.2) is 0 Å². The quantitative estimate of drug-likeness (QED) is 0.841.